The molecule has 112 valence electrons. The number of benzene rings is 1. The second-order valence-electron chi connectivity index (χ2n) is 4.50. The van der Waals surface area contributed by atoms with Gasteiger partial charge in [0.15, 0.2) is 5.78 Å². The molecule has 1 rings (SSSR count). The van der Waals surface area contributed by atoms with Gasteiger partial charge in [0, 0.05) is 13.0 Å². The second-order valence-corrected chi connectivity index (χ2v) is 6.14. The maximum atomic E-state index is 11.3. The van der Waals surface area contributed by atoms with Gasteiger partial charge in [-0.05, 0) is 18.4 Å². The van der Waals surface area contributed by atoms with Crippen molar-refractivity contribution >= 4 is 15.9 Å². The molecule has 0 aliphatic heterocycles. The molecule has 0 radical (unpaired) electrons. The van der Waals surface area contributed by atoms with Gasteiger partial charge < -0.3 is 4.74 Å². The van der Waals surface area contributed by atoms with Crippen LogP contribution in [0.25, 0.3) is 0 Å². The molecule has 0 fully saturated rings. The summed E-state index contributed by atoms with van der Waals surface area (Å²) in [6, 6.07) is 9.85. The maximum absolute atomic E-state index is 11.3. The Kier molecular flexibility index (Phi) is 7.43. The number of hydrogen-bond donors (Lipinski definition) is 0. The van der Waals surface area contributed by atoms with Crippen molar-refractivity contribution in [3.63, 3.8) is 0 Å². The van der Waals surface area contributed by atoms with Gasteiger partial charge in [0.25, 0.3) is 10.1 Å². The predicted octanol–water partition coefficient (Wildman–Crippen LogP) is 1.92. The molecule has 0 aromatic heterocycles. The van der Waals surface area contributed by atoms with Crippen LogP contribution in [0.15, 0.2) is 30.3 Å². The zero-order chi connectivity index (χ0) is 14.8. The van der Waals surface area contributed by atoms with Crippen LogP contribution in [0.2, 0.25) is 0 Å². The van der Waals surface area contributed by atoms with Gasteiger partial charge in [0.05, 0.1) is 12.9 Å². The minimum absolute atomic E-state index is 0.210. The Labute approximate surface area is 120 Å². The van der Waals surface area contributed by atoms with Gasteiger partial charge in [-0.15, -0.1) is 0 Å². The minimum Gasteiger partial charge on any atom is -0.377 e. The molecule has 20 heavy (non-hydrogen) atoms. The lowest BCUT2D eigenvalue weighted by molar-refractivity contribution is -0.121. The molecule has 1 aromatic carbocycles. The second kappa shape index (κ2) is 8.84. The standard InChI is InChI=1S/C14H20O5S/c1-20(16,17)19-12-14(15)9-5-6-10-18-11-13-7-3-2-4-8-13/h2-4,7-8H,5-6,9-12H2,1H3. The highest BCUT2D eigenvalue weighted by molar-refractivity contribution is 7.86. The van der Waals surface area contributed by atoms with Crippen LogP contribution >= 0.6 is 0 Å². The lowest BCUT2D eigenvalue weighted by Gasteiger charge is -2.04. The molecule has 0 amide bonds. The number of carbonyl (C=O) groups is 1. The molecule has 0 aliphatic carbocycles. The molecule has 0 N–H and O–H groups in total. The van der Waals surface area contributed by atoms with Crippen molar-refractivity contribution in [1.82, 2.24) is 0 Å². The molecule has 1 aromatic rings. The summed E-state index contributed by atoms with van der Waals surface area (Å²) < 4.78 is 31.3. The predicted molar refractivity (Wildman–Crippen MR) is 75.8 cm³/mol. The van der Waals surface area contributed by atoms with Crippen LogP contribution in [-0.2, 0) is 30.4 Å². The number of rotatable bonds is 10. The van der Waals surface area contributed by atoms with E-state index in [-0.39, 0.29) is 12.4 Å². The van der Waals surface area contributed by atoms with Crippen LogP contribution in [0.4, 0.5) is 0 Å². The highest BCUT2D eigenvalue weighted by Crippen LogP contribution is 2.03. The smallest absolute Gasteiger partial charge is 0.264 e. The Hall–Kier alpha value is -1.24. The van der Waals surface area contributed by atoms with Crippen LogP contribution in [0.5, 0.6) is 0 Å². The van der Waals surface area contributed by atoms with Gasteiger partial charge in [-0.3, -0.25) is 8.98 Å². The third kappa shape index (κ3) is 8.79. The number of ketones is 1. The van der Waals surface area contributed by atoms with Gasteiger partial charge in [0.2, 0.25) is 0 Å². The Bertz CT molecular complexity index is 496. The van der Waals surface area contributed by atoms with E-state index in [1.54, 1.807) is 0 Å². The van der Waals surface area contributed by atoms with Crippen molar-refractivity contribution in [1.29, 1.82) is 0 Å². The summed E-state index contributed by atoms with van der Waals surface area (Å²) >= 11 is 0. The number of carbonyl (C=O) groups excluding carboxylic acids is 1. The average Bonchev–Trinajstić information content (AvgIpc) is 2.41. The molecule has 0 bridgehead atoms. The minimum atomic E-state index is -3.53. The van der Waals surface area contributed by atoms with Crippen molar-refractivity contribution in [2.24, 2.45) is 0 Å². The van der Waals surface area contributed by atoms with E-state index in [2.05, 4.69) is 4.18 Å². The van der Waals surface area contributed by atoms with E-state index >= 15 is 0 Å². The number of Topliss-reactive ketones (excluding diaryl/α,β-unsaturated/α-hetero) is 1. The number of ether oxygens (including phenoxy) is 1. The fraction of sp³-hybridized carbons (Fsp3) is 0.500. The lowest BCUT2D eigenvalue weighted by atomic mass is 10.2. The summed E-state index contributed by atoms with van der Waals surface area (Å²) in [7, 11) is -3.53. The highest BCUT2D eigenvalue weighted by atomic mass is 32.2. The molecule has 0 atom stereocenters. The van der Waals surface area contributed by atoms with E-state index in [0.717, 1.165) is 18.2 Å². The fourth-order valence-electron chi connectivity index (χ4n) is 1.54. The first kappa shape index (κ1) is 16.8. The monoisotopic (exact) mass is 300 g/mol. The van der Waals surface area contributed by atoms with Crippen LogP contribution in [-0.4, -0.2) is 33.7 Å². The first-order chi connectivity index (χ1) is 9.47. The molecule has 0 spiro atoms. The average molecular weight is 300 g/mol. The Balaban J connectivity index is 2.01. The van der Waals surface area contributed by atoms with Crippen LogP contribution < -0.4 is 0 Å². The highest BCUT2D eigenvalue weighted by Gasteiger charge is 2.07. The van der Waals surface area contributed by atoms with Crippen LogP contribution in [0.3, 0.4) is 0 Å². The SMILES string of the molecule is CS(=O)(=O)OCC(=O)CCCCOCc1ccccc1. The molecule has 5 nitrogen and oxygen atoms in total. The molecule has 6 heteroatoms. The van der Waals surface area contributed by atoms with Crippen molar-refractivity contribution in [2.75, 3.05) is 19.5 Å². The molecular formula is C14H20O5S. The van der Waals surface area contributed by atoms with Crippen molar-refractivity contribution < 1.29 is 22.1 Å². The van der Waals surface area contributed by atoms with E-state index in [0.29, 0.717) is 26.1 Å². The van der Waals surface area contributed by atoms with Crippen molar-refractivity contribution in [2.45, 2.75) is 25.9 Å². The van der Waals surface area contributed by atoms with Crippen LogP contribution in [0.1, 0.15) is 24.8 Å². The maximum Gasteiger partial charge on any atom is 0.264 e. The fourth-order valence-corrected chi connectivity index (χ4v) is 1.88. The summed E-state index contributed by atoms with van der Waals surface area (Å²) in [5.74, 6) is -0.210. The van der Waals surface area contributed by atoms with E-state index in [9.17, 15) is 13.2 Å². The van der Waals surface area contributed by atoms with Gasteiger partial charge in [-0.25, -0.2) is 0 Å². The quantitative estimate of drug-likeness (QED) is 0.488. The number of hydrogen-bond acceptors (Lipinski definition) is 5. The van der Waals surface area contributed by atoms with Crippen molar-refractivity contribution in [3.8, 4) is 0 Å². The largest absolute Gasteiger partial charge is 0.377 e. The Morgan fingerprint density at radius 1 is 1.15 bits per heavy atom. The van der Waals surface area contributed by atoms with E-state index in [1.165, 1.54) is 0 Å². The van der Waals surface area contributed by atoms with Crippen molar-refractivity contribution in [3.05, 3.63) is 35.9 Å². The van der Waals surface area contributed by atoms with E-state index in [4.69, 9.17) is 4.74 Å². The third-order valence-corrected chi connectivity index (χ3v) is 3.09. The van der Waals surface area contributed by atoms with E-state index in [1.807, 2.05) is 30.3 Å². The van der Waals surface area contributed by atoms with Crippen LogP contribution in [0, 0.1) is 0 Å². The molecule has 0 aliphatic rings. The summed E-state index contributed by atoms with van der Waals surface area (Å²) in [5, 5.41) is 0. The topological polar surface area (TPSA) is 69.7 Å². The third-order valence-electron chi connectivity index (χ3n) is 2.54. The first-order valence-corrected chi connectivity index (χ1v) is 8.27. The van der Waals surface area contributed by atoms with Gasteiger partial charge in [-0.1, -0.05) is 30.3 Å². The zero-order valence-corrected chi connectivity index (χ0v) is 12.4. The van der Waals surface area contributed by atoms with Gasteiger partial charge in [-0.2, -0.15) is 8.42 Å². The Morgan fingerprint density at radius 3 is 2.50 bits per heavy atom. The summed E-state index contributed by atoms with van der Waals surface area (Å²) in [5.41, 5.74) is 1.12. The van der Waals surface area contributed by atoms with E-state index < -0.39 is 10.1 Å². The molecule has 0 saturated carbocycles. The zero-order valence-electron chi connectivity index (χ0n) is 11.6. The summed E-state index contributed by atoms with van der Waals surface area (Å²) in [6.07, 6.45) is 2.67. The summed E-state index contributed by atoms with van der Waals surface area (Å²) in [4.78, 5) is 11.3. The first-order valence-electron chi connectivity index (χ1n) is 6.45. The summed E-state index contributed by atoms with van der Waals surface area (Å²) in [6.45, 7) is 0.769. The molecule has 0 unspecified atom stereocenters. The molecular weight excluding hydrogens is 280 g/mol. The number of unbranched alkanes of at least 4 members (excludes halogenated alkanes) is 1. The van der Waals surface area contributed by atoms with Gasteiger partial charge >= 0.3 is 0 Å². The van der Waals surface area contributed by atoms with Gasteiger partial charge in [0.1, 0.15) is 6.61 Å². The molecule has 0 heterocycles. The Morgan fingerprint density at radius 2 is 1.85 bits per heavy atom. The molecule has 0 saturated heterocycles. The normalized spacial score (nSPS) is 11.4. The lowest BCUT2D eigenvalue weighted by Crippen LogP contribution is -2.13.